The second kappa shape index (κ2) is 19.9. The highest BCUT2D eigenvalue weighted by molar-refractivity contribution is 5.86. The zero-order valence-corrected chi connectivity index (χ0v) is 18.6. The molecule has 27 heavy (non-hydrogen) atoms. The number of carbonyl (C=O) groups is 1. The summed E-state index contributed by atoms with van der Waals surface area (Å²) in [6.07, 6.45) is 19.7. The predicted octanol–water partition coefficient (Wildman–Crippen LogP) is 6.96. The van der Waals surface area contributed by atoms with Gasteiger partial charge in [0.15, 0.2) is 0 Å². The zero-order chi connectivity index (χ0) is 20.2. The third-order valence-electron chi connectivity index (χ3n) is 5.17. The summed E-state index contributed by atoms with van der Waals surface area (Å²) in [6, 6.07) is 0.466. The van der Waals surface area contributed by atoms with E-state index >= 15 is 0 Å². The molecule has 0 fully saturated rings. The third-order valence-corrected chi connectivity index (χ3v) is 5.17. The molecule has 0 spiro atoms. The first-order valence-corrected chi connectivity index (χ1v) is 11.7. The lowest BCUT2D eigenvalue weighted by Gasteiger charge is -2.19. The van der Waals surface area contributed by atoms with Gasteiger partial charge in [-0.3, -0.25) is 0 Å². The van der Waals surface area contributed by atoms with Crippen molar-refractivity contribution in [1.29, 1.82) is 0 Å². The van der Waals surface area contributed by atoms with Crippen molar-refractivity contribution in [3.05, 3.63) is 12.2 Å². The Morgan fingerprint density at radius 2 is 1.33 bits per heavy atom. The molecule has 0 aromatic heterocycles. The molecule has 160 valence electrons. The summed E-state index contributed by atoms with van der Waals surface area (Å²) in [4.78, 5) is 11.5. The Balaban J connectivity index is 3.72. The number of ether oxygens (including phenoxy) is 1. The lowest BCUT2D eigenvalue weighted by Crippen LogP contribution is -2.31. The Hall–Kier alpha value is -0.830. The minimum atomic E-state index is -0.267. The van der Waals surface area contributed by atoms with E-state index in [9.17, 15) is 4.79 Å². The van der Waals surface area contributed by atoms with Crippen molar-refractivity contribution in [3.63, 3.8) is 0 Å². The molecule has 0 radical (unpaired) electrons. The van der Waals surface area contributed by atoms with E-state index in [2.05, 4.69) is 25.7 Å². The number of hydrogen-bond donors (Lipinski definition) is 1. The number of esters is 1. The number of unbranched alkanes of at least 4 members (excludes halogenated alkanes) is 11. The summed E-state index contributed by atoms with van der Waals surface area (Å²) in [6.45, 7) is 11.4. The van der Waals surface area contributed by atoms with Gasteiger partial charge in [0.05, 0.1) is 6.61 Å². The van der Waals surface area contributed by atoms with Crippen LogP contribution < -0.4 is 5.32 Å². The molecule has 0 saturated carbocycles. The van der Waals surface area contributed by atoms with Crippen LogP contribution in [-0.4, -0.2) is 25.2 Å². The second-order valence-electron chi connectivity index (χ2n) is 8.03. The van der Waals surface area contributed by atoms with Crippen molar-refractivity contribution < 1.29 is 9.53 Å². The minimum absolute atomic E-state index is 0.267. The normalized spacial score (nSPS) is 12.1. The first-order valence-electron chi connectivity index (χ1n) is 11.7. The molecule has 3 nitrogen and oxygen atoms in total. The fraction of sp³-hybridized carbons (Fsp3) is 0.875. The van der Waals surface area contributed by atoms with Crippen LogP contribution in [0.5, 0.6) is 0 Å². The third kappa shape index (κ3) is 18.3. The van der Waals surface area contributed by atoms with E-state index < -0.39 is 0 Å². The van der Waals surface area contributed by atoms with Gasteiger partial charge >= 0.3 is 5.97 Å². The van der Waals surface area contributed by atoms with Gasteiger partial charge in [0, 0.05) is 11.6 Å². The Bertz CT molecular complexity index is 354. The molecule has 1 N–H and O–H groups in total. The van der Waals surface area contributed by atoms with Crippen molar-refractivity contribution in [2.45, 2.75) is 123 Å². The monoisotopic (exact) mass is 381 g/mol. The summed E-state index contributed by atoms with van der Waals surface area (Å²) in [7, 11) is 0. The van der Waals surface area contributed by atoms with Crippen LogP contribution in [0.1, 0.15) is 117 Å². The molecule has 0 heterocycles. The van der Waals surface area contributed by atoms with Crippen LogP contribution in [0.15, 0.2) is 12.2 Å². The fourth-order valence-electron chi connectivity index (χ4n) is 3.30. The maximum Gasteiger partial charge on any atom is 0.333 e. The average Bonchev–Trinajstić information content (AvgIpc) is 2.65. The summed E-state index contributed by atoms with van der Waals surface area (Å²) < 4.78 is 5.27. The standard InChI is InChI=1S/C24H47NO2/c1-5-7-9-10-11-12-13-14-15-16-17-18-23(25-20-8-6-2)19-21-27-24(26)22(3)4/h23,25H,3,5-21H2,1-2,4H3. The van der Waals surface area contributed by atoms with Gasteiger partial charge in [0.25, 0.3) is 0 Å². The smallest absolute Gasteiger partial charge is 0.333 e. The summed E-state index contributed by atoms with van der Waals surface area (Å²) in [5.41, 5.74) is 0.482. The molecule has 0 bridgehead atoms. The van der Waals surface area contributed by atoms with E-state index in [0.717, 1.165) is 13.0 Å². The Morgan fingerprint density at radius 3 is 1.85 bits per heavy atom. The molecule has 3 heteroatoms. The molecule has 1 atom stereocenters. The van der Waals surface area contributed by atoms with Crippen LogP contribution in [-0.2, 0) is 9.53 Å². The molecule has 0 aliphatic rings. The van der Waals surface area contributed by atoms with E-state index in [-0.39, 0.29) is 5.97 Å². The Labute approximate surface area is 169 Å². The highest BCUT2D eigenvalue weighted by Crippen LogP contribution is 2.13. The van der Waals surface area contributed by atoms with Crippen LogP contribution in [0.4, 0.5) is 0 Å². The van der Waals surface area contributed by atoms with Gasteiger partial charge in [-0.25, -0.2) is 4.79 Å². The summed E-state index contributed by atoms with van der Waals surface area (Å²) in [5.74, 6) is -0.267. The highest BCUT2D eigenvalue weighted by Gasteiger charge is 2.10. The van der Waals surface area contributed by atoms with Crippen molar-refractivity contribution in [2.75, 3.05) is 13.2 Å². The SMILES string of the molecule is C=C(C)C(=O)OCCC(CCCCCCCCCCCCC)NCCCC. The predicted molar refractivity (Wildman–Crippen MR) is 118 cm³/mol. The Kier molecular flexibility index (Phi) is 19.3. The van der Waals surface area contributed by atoms with Crippen molar-refractivity contribution in [2.24, 2.45) is 0 Å². The highest BCUT2D eigenvalue weighted by atomic mass is 16.5. The van der Waals surface area contributed by atoms with Gasteiger partial charge in [0.1, 0.15) is 0 Å². The fourth-order valence-corrected chi connectivity index (χ4v) is 3.30. The van der Waals surface area contributed by atoms with Crippen molar-refractivity contribution >= 4 is 5.97 Å². The number of nitrogens with one attached hydrogen (secondary N) is 1. The van der Waals surface area contributed by atoms with Gasteiger partial charge in [-0.15, -0.1) is 0 Å². The molecule has 0 amide bonds. The van der Waals surface area contributed by atoms with E-state index in [4.69, 9.17) is 4.74 Å². The molecule has 0 aromatic carbocycles. The number of carbonyl (C=O) groups excluding carboxylic acids is 1. The maximum absolute atomic E-state index is 11.5. The average molecular weight is 382 g/mol. The second-order valence-corrected chi connectivity index (χ2v) is 8.03. The zero-order valence-electron chi connectivity index (χ0n) is 18.6. The molecule has 0 rings (SSSR count). The number of rotatable bonds is 20. The topological polar surface area (TPSA) is 38.3 Å². The van der Waals surface area contributed by atoms with Crippen LogP contribution >= 0.6 is 0 Å². The van der Waals surface area contributed by atoms with Crippen LogP contribution in [0, 0.1) is 0 Å². The van der Waals surface area contributed by atoms with Gasteiger partial charge in [-0.1, -0.05) is 97.5 Å². The molecular formula is C24H47NO2. The minimum Gasteiger partial charge on any atom is -0.462 e. The van der Waals surface area contributed by atoms with Crippen molar-refractivity contribution in [1.82, 2.24) is 5.32 Å². The van der Waals surface area contributed by atoms with E-state index in [1.807, 2.05) is 0 Å². The Morgan fingerprint density at radius 1 is 0.815 bits per heavy atom. The summed E-state index contributed by atoms with van der Waals surface area (Å²) in [5, 5.41) is 3.65. The molecule has 0 aromatic rings. The van der Waals surface area contributed by atoms with Gasteiger partial charge in [-0.2, -0.15) is 0 Å². The quantitative estimate of drug-likeness (QED) is 0.141. The molecule has 1 unspecified atom stereocenters. The molecule has 0 saturated heterocycles. The lowest BCUT2D eigenvalue weighted by atomic mass is 10.0. The van der Waals surface area contributed by atoms with E-state index in [1.54, 1.807) is 6.92 Å². The van der Waals surface area contributed by atoms with Crippen molar-refractivity contribution in [3.8, 4) is 0 Å². The van der Waals surface area contributed by atoms with Gasteiger partial charge in [0.2, 0.25) is 0 Å². The molecular weight excluding hydrogens is 334 g/mol. The van der Waals surface area contributed by atoms with Crippen LogP contribution in [0.3, 0.4) is 0 Å². The molecule has 0 aliphatic heterocycles. The van der Waals surface area contributed by atoms with Crippen LogP contribution in [0.2, 0.25) is 0 Å². The molecule has 0 aliphatic carbocycles. The maximum atomic E-state index is 11.5. The largest absolute Gasteiger partial charge is 0.462 e. The van der Waals surface area contributed by atoms with Gasteiger partial charge < -0.3 is 10.1 Å². The van der Waals surface area contributed by atoms with E-state index in [0.29, 0.717) is 18.2 Å². The van der Waals surface area contributed by atoms with Crippen LogP contribution in [0.25, 0.3) is 0 Å². The lowest BCUT2D eigenvalue weighted by molar-refractivity contribution is -0.139. The van der Waals surface area contributed by atoms with Gasteiger partial charge in [-0.05, 0) is 32.7 Å². The number of hydrogen-bond acceptors (Lipinski definition) is 3. The summed E-state index contributed by atoms with van der Waals surface area (Å²) >= 11 is 0. The first kappa shape index (κ1) is 26.2. The first-order chi connectivity index (χ1) is 13.1. The van der Waals surface area contributed by atoms with E-state index in [1.165, 1.54) is 89.9 Å².